The molecule has 190 valence electrons. The first-order chi connectivity index (χ1) is 16.0. The largest absolute Gasteiger partial charge is 0.381 e. The number of nitrogens with zero attached hydrogens (tertiary/aromatic N) is 1. The third-order valence-electron chi connectivity index (χ3n) is 7.10. The van der Waals surface area contributed by atoms with Crippen LogP contribution in [0.3, 0.4) is 0 Å². The molecule has 1 N–H and O–H groups in total. The molecule has 0 aliphatic carbocycles. The zero-order valence-electron chi connectivity index (χ0n) is 20.1. The number of ether oxygens (including phenoxy) is 2. The van der Waals surface area contributed by atoms with Crippen LogP contribution >= 0.6 is 0 Å². The van der Waals surface area contributed by atoms with Crippen molar-refractivity contribution in [2.75, 3.05) is 32.9 Å². The van der Waals surface area contributed by atoms with Crippen LogP contribution in [0.25, 0.3) is 0 Å². The standard InChI is InChI=1S/C24H42N2O6S/c1-2-3-4-5-6-7-10-21-12-16-26(17-13-21)33(28,29)24(14-19-30-20-15-24)23(27)25-32-22-11-8-9-18-31-22/h7,10,21-22H,2-6,8-9,11-20H2,1H3,(H,25,27). The first-order valence-electron chi connectivity index (χ1n) is 12.8. The van der Waals surface area contributed by atoms with Gasteiger partial charge in [-0.2, -0.15) is 0 Å². The Morgan fingerprint density at radius 1 is 1.09 bits per heavy atom. The molecule has 1 unspecified atom stereocenters. The minimum Gasteiger partial charge on any atom is -0.381 e. The zero-order valence-corrected chi connectivity index (χ0v) is 21.0. The highest BCUT2D eigenvalue weighted by Gasteiger charge is 2.54. The number of amides is 1. The fourth-order valence-corrected chi connectivity index (χ4v) is 7.00. The van der Waals surface area contributed by atoms with E-state index in [4.69, 9.17) is 14.3 Å². The second-order valence-electron chi connectivity index (χ2n) is 9.47. The van der Waals surface area contributed by atoms with Gasteiger partial charge in [0.2, 0.25) is 10.0 Å². The zero-order chi connectivity index (χ0) is 23.6. The maximum Gasteiger partial charge on any atom is 0.266 e. The van der Waals surface area contributed by atoms with E-state index in [1.165, 1.54) is 30.0 Å². The van der Waals surface area contributed by atoms with Crippen molar-refractivity contribution in [1.82, 2.24) is 9.79 Å². The summed E-state index contributed by atoms with van der Waals surface area (Å²) in [6.45, 7) is 4.16. The highest BCUT2D eigenvalue weighted by Crippen LogP contribution is 2.35. The lowest BCUT2D eigenvalue weighted by Gasteiger charge is -2.40. The molecule has 33 heavy (non-hydrogen) atoms. The van der Waals surface area contributed by atoms with Crippen LogP contribution in [-0.4, -0.2) is 62.6 Å². The number of hydrogen-bond acceptors (Lipinski definition) is 6. The highest BCUT2D eigenvalue weighted by atomic mass is 32.2. The number of rotatable bonds is 11. The van der Waals surface area contributed by atoms with Crippen LogP contribution in [0.5, 0.6) is 0 Å². The summed E-state index contributed by atoms with van der Waals surface area (Å²) >= 11 is 0. The summed E-state index contributed by atoms with van der Waals surface area (Å²) in [5.41, 5.74) is 2.43. The predicted molar refractivity (Wildman–Crippen MR) is 127 cm³/mol. The maximum absolute atomic E-state index is 13.7. The third kappa shape index (κ3) is 7.01. The number of carbonyl (C=O) groups excluding carboxylic acids is 1. The summed E-state index contributed by atoms with van der Waals surface area (Å²) in [6.07, 6.45) is 14.5. The first kappa shape index (κ1) is 26.6. The molecular formula is C24H42N2O6S. The van der Waals surface area contributed by atoms with Crippen LogP contribution in [0.1, 0.15) is 84.0 Å². The van der Waals surface area contributed by atoms with E-state index in [1.54, 1.807) is 0 Å². The second-order valence-corrected chi connectivity index (χ2v) is 11.7. The van der Waals surface area contributed by atoms with Gasteiger partial charge in [-0.1, -0.05) is 38.3 Å². The van der Waals surface area contributed by atoms with E-state index in [2.05, 4.69) is 24.6 Å². The molecule has 3 fully saturated rings. The van der Waals surface area contributed by atoms with E-state index >= 15 is 0 Å². The molecule has 3 rings (SSSR count). The fraction of sp³-hybridized carbons (Fsp3) is 0.875. The van der Waals surface area contributed by atoms with Gasteiger partial charge in [0, 0.05) is 52.2 Å². The van der Waals surface area contributed by atoms with Crippen LogP contribution < -0.4 is 5.48 Å². The van der Waals surface area contributed by atoms with Crippen LogP contribution in [0.15, 0.2) is 12.2 Å². The molecule has 1 amide bonds. The molecule has 1 atom stereocenters. The summed E-state index contributed by atoms with van der Waals surface area (Å²) < 4.78 is 38.3. The fourth-order valence-electron chi connectivity index (χ4n) is 4.85. The van der Waals surface area contributed by atoms with Gasteiger partial charge in [0.15, 0.2) is 11.0 Å². The summed E-state index contributed by atoms with van der Waals surface area (Å²) in [5.74, 6) is -0.206. The Morgan fingerprint density at radius 2 is 1.85 bits per heavy atom. The molecule has 0 radical (unpaired) electrons. The van der Waals surface area contributed by atoms with Gasteiger partial charge in [0.25, 0.3) is 5.91 Å². The number of carbonyl (C=O) groups is 1. The van der Waals surface area contributed by atoms with E-state index in [1.807, 2.05) is 0 Å². The first-order valence-corrected chi connectivity index (χ1v) is 14.3. The van der Waals surface area contributed by atoms with E-state index in [0.29, 0.717) is 32.0 Å². The van der Waals surface area contributed by atoms with Crippen molar-refractivity contribution < 1.29 is 27.5 Å². The SMILES string of the molecule is CCCCCCC=CC1CCN(S(=O)(=O)C2(C(=O)NOC3CCCCO3)CCOCC2)CC1. The van der Waals surface area contributed by atoms with E-state index in [-0.39, 0.29) is 26.1 Å². The number of sulfonamides is 1. The molecule has 0 bridgehead atoms. The van der Waals surface area contributed by atoms with Gasteiger partial charge in [0.1, 0.15) is 0 Å². The number of nitrogens with one attached hydrogen (secondary N) is 1. The highest BCUT2D eigenvalue weighted by molar-refractivity contribution is 7.91. The van der Waals surface area contributed by atoms with Gasteiger partial charge < -0.3 is 9.47 Å². The summed E-state index contributed by atoms with van der Waals surface area (Å²) in [4.78, 5) is 18.6. The number of allylic oxidation sites excluding steroid dienone is 2. The number of hydroxylamine groups is 1. The quantitative estimate of drug-likeness (QED) is 0.272. The monoisotopic (exact) mass is 486 g/mol. The molecule has 9 heteroatoms. The van der Waals surface area contributed by atoms with E-state index in [9.17, 15) is 13.2 Å². The van der Waals surface area contributed by atoms with Gasteiger partial charge in [0.05, 0.1) is 0 Å². The molecular weight excluding hydrogens is 444 g/mol. The predicted octanol–water partition coefficient (Wildman–Crippen LogP) is 3.68. The molecule has 0 aromatic heterocycles. The Morgan fingerprint density at radius 3 is 2.52 bits per heavy atom. The van der Waals surface area contributed by atoms with Crippen molar-refractivity contribution in [2.45, 2.75) is 95.0 Å². The molecule has 3 saturated heterocycles. The van der Waals surface area contributed by atoms with Crippen molar-refractivity contribution in [2.24, 2.45) is 5.92 Å². The molecule has 3 heterocycles. The molecule has 0 aromatic carbocycles. The smallest absolute Gasteiger partial charge is 0.266 e. The molecule has 0 saturated carbocycles. The summed E-state index contributed by atoms with van der Waals surface area (Å²) in [7, 11) is -3.86. The molecule has 3 aliphatic heterocycles. The van der Waals surface area contributed by atoms with Gasteiger partial charge >= 0.3 is 0 Å². The maximum atomic E-state index is 13.7. The van der Waals surface area contributed by atoms with E-state index in [0.717, 1.165) is 32.1 Å². The Hall–Kier alpha value is -1.00. The van der Waals surface area contributed by atoms with Crippen molar-refractivity contribution in [3.63, 3.8) is 0 Å². The van der Waals surface area contributed by atoms with Gasteiger partial charge in [-0.25, -0.2) is 23.0 Å². The summed E-state index contributed by atoms with van der Waals surface area (Å²) in [5, 5.41) is 0. The van der Waals surface area contributed by atoms with Crippen molar-refractivity contribution in [3.05, 3.63) is 12.2 Å². The van der Waals surface area contributed by atoms with Crippen LogP contribution in [0, 0.1) is 5.92 Å². The van der Waals surface area contributed by atoms with Gasteiger partial charge in [-0.15, -0.1) is 0 Å². The van der Waals surface area contributed by atoms with Crippen molar-refractivity contribution in [1.29, 1.82) is 0 Å². The lowest BCUT2D eigenvalue weighted by molar-refractivity contribution is -0.202. The normalized spacial score (nSPS) is 25.3. The average Bonchev–Trinajstić information content (AvgIpc) is 2.86. The van der Waals surface area contributed by atoms with Crippen LogP contribution in [-0.2, 0) is 29.1 Å². The number of unbranched alkanes of at least 4 members (excludes halogenated alkanes) is 4. The van der Waals surface area contributed by atoms with Gasteiger partial charge in [-0.05, 0) is 44.4 Å². The molecule has 8 nitrogen and oxygen atoms in total. The van der Waals surface area contributed by atoms with Crippen molar-refractivity contribution >= 4 is 15.9 Å². The average molecular weight is 487 g/mol. The van der Waals surface area contributed by atoms with Crippen LogP contribution in [0.4, 0.5) is 0 Å². The van der Waals surface area contributed by atoms with Gasteiger partial charge in [-0.3, -0.25) is 4.79 Å². The lowest BCUT2D eigenvalue weighted by Crippen LogP contribution is -2.61. The Balaban J connectivity index is 1.57. The summed E-state index contributed by atoms with van der Waals surface area (Å²) in [6, 6.07) is 0. The topological polar surface area (TPSA) is 94.2 Å². The lowest BCUT2D eigenvalue weighted by atomic mass is 9.97. The molecule has 0 spiro atoms. The molecule has 0 aromatic rings. The number of hydrogen-bond donors (Lipinski definition) is 1. The minimum atomic E-state index is -3.86. The number of piperidine rings is 1. The third-order valence-corrected chi connectivity index (χ3v) is 9.73. The Labute approximate surface area is 199 Å². The van der Waals surface area contributed by atoms with Crippen molar-refractivity contribution in [3.8, 4) is 0 Å². The Bertz CT molecular complexity index is 721. The Kier molecular flexibility index (Phi) is 10.6. The minimum absolute atomic E-state index is 0.133. The van der Waals surface area contributed by atoms with Crippen LogP contribution in [0.2, 0.25) is 0 Å². The second kappa shape index (κ2) is 13.2. The molecule has 3 aliphatic rings. The van der Waals surface area contributed by atoms with E-state index < -0.39 is 27.0 Å².